The van der Waals surface area contributed by atoms with E-state index in [1.54, 1.807) is 6.07 Å². The average Bonchev–Trinajstić information content (AvgIpc) is 2.73. The highest BCUT2D eigenvalue weighted by Gasteiger charge is 2.09. The van der Waals surface area contributed by atoms with E-state index in [9.17, 15) is 10.1 Å². The molecule has 0 bridgehead atoms. The molecule has 0 unspecified atom stereocenters. The first kappa shape index (κ1) is 13.1. The molecule has 0 aliphatic rings. The molecule has 0 amide bonds. The van der Waals surface area contributed by atoms with Gasteiger partial charge in [0.25, 0.3) is 5.69 Å². The molecule has 18 heavy (non-hydrogen) atoms. The molecule has 94 valence electrons. The van der Waals surface area contributed by atoms with Crippen molar-refractivity contribution in [3.8, 4) is 0 Å². The summed E-state index contributed by atoms with van der Waals surface area (Å²) in [5.41, 5.74) is 0.636. The Bertz CT molecular complexity index is 586. The van der Waals surface area contributed by atoms with Crippen LogP contribution in [0.3, 0.4) is 0 Å². The topological polar surface area (TPSA) is 55.2 Å². The van der Waals surface area contributed by atoms with Gasteiger partial charge in [0.15, 0.2) is 0 Å². The number of hydrogen-bond donors (Lipinski definition) is 1. The SMILES string of the molecule is O=[N+]([O-])c1ccc(NCc2ccc(Cl)s2)c(Cl)c1. The Hall–Kier alpha value is -1.30. The maximum atomic E-state index is 10.6. The number of benzene rings is 1. The Morgan fingerprint density at radius 2 is 2.06 bits per heavy atom. The minimum absolute atomic E-state index is 0.0234. The number of nitrogens with zero attached hydrogens (tertiary/aromatic N) is 1. The molecule has 1 heterocycles. The van der Waals surface area contributed by atoms with Crippen LogP contribution in [0.25, 0.3) is 0 Å². The molecule has 0 aliphatic heterocycles. The van der Waals surface area contributed by atoms with E-state index in [0.29, 0.717) is 17.3 Å². The number of nitrogens with one attached hydrogen (secondary N) is 1. The molecule has 1 N–H and O–H groups in total. The first-order chi connectivity index (χ1) is 8.56. The smallest absolute Gasteiger partial charge is 0.271 e. The van der Waals surface area contributed by atoms with Gasteiger partial charge in [0.05, 0.1) is 20.0 Å². The Balaban J connectivity index is 2.08. The number of nitro groups is 1. The quantitative estimate of drug-likeness (QED) is 0.664. The number of nitro benzene ring substituents is 1. The zero-order valence-electron chi connectivity index (χ0n) is 9.02. The molecule has 0 radical (unpaired) electrons. The van der Waals surface area contributed by atoms with Crippen molar-refractivity contribution in [1.29, 1.82) is 0 Å². The van der Waals surface area contributed by atoms with Gasteiger partial charge in [-0.25, -0.2) is 0 Å². The molecular formula is C11H8Cl2N2O2S. The van der Waals surface area contributed by atoms with Gasteiger partial charge in [0.1, 0.15) is 0 Å². The molecule has 2 aromatic rings. The summed E-state index contributed by atoms with van der Waals surface area (Å²) in [4.78, 5) is 11.1. The van der Waals surface area contributed by atoms with E-state index in [2.05, 4.69) is 5.32 Å². The summed E-state index contributed by atoms with van der Waals surface area (Å²) in [5, 5.41) is 14.0. The van der Waals surface area contributed by atoms with Crippen LogP contribution in [0.4, 0.5) is 11.4 Å². The van der Waals surface area contributed by atoms with Gasteiger partial charge in [-0.15, -0.1) is 11.3 Å². The van der Waals surface area contributed by atoms with E-state index in [4.69, 9.17) is 23.2 Å². The number of anilines is 1. The van der Waals surface area contributed by atoms with Crippen molar-refractivity contribution in [2.45, 2.75) is 6.54 Å². The second-order valence-electron chi connectivity index (χ2n) is 3.48. The summed E-state index contributed by atoms with van der Waals surface area (Å²) in [6.45, 7) is 0.578. The maximum Gasteiger partial charge on any atom is 0.271 e. The predicted octanol–water partition coefficient (Wildman–Crippen LogP) is 4.58. The third-order valence-corrected chi connectivity index (χ3v) is 3.79. The Labute approximate surface area is 117 Å². The number of non-ortho nitro benzene ring substituents is 1. The highest BCUT2D eigenvalue weighted by Crippen LogP contribution is 2.28. The fourth-order valence-corrected chi connectivity index (χ4v) is 2.66. The van der Waals surface area contributed by atoms with E-state index >= 15 is 0 Å². The lowest BCUT2D eigenvalue weighted by Crippen LogP contribution is -1.98. The van der Waals surface area contributed by atoms with Crippen molar-refractivity contribution < 1.29 is 4.92 Å². The molecule has 1 aromatic heterocycles. The average molecular weight is 303 g/mol. The summed E-state index contributed by atoms with van der Waals surface area (Å²) in [7, 11) is 0. The molecular weight excluding hydrogens is 295 g/mol. The molecule has 0 spiro atoms. The van der Waals surface area contributed by atoms with Crippen molar-refractivity contribution in [2.24, 2.45) is 0 Å². The van der Waals surface area contributed by atoms with Gasteiger partial charge in [0.2, 0.25) is 0 Å². The van der Waals surface area contributed by atoms with Gasteiger partial charge < -0.3 is 5.32 Å². The highest BCUT2D eigenvalue weighted by molar-refractivity contribution is 7.16. The molecule has 0 saturated carbocycles. The second kappa shape index (κ2) is 5.56. The van der Waals surface area contributed by atoms with Crippen LogP contribution in [-0.2, 0) is 6.54 Å². The standard InChI is InChI=1S/C11H8Cl2N2O2S/c12-9-5-7(15(16)17)1-3-10(9)14-6-8-2-4-11(13)18-8/h1-5,14H,6H2. The first-order valence-corrected chi connectivity index (χ1v) is 6.55. The largest absolute Gasteiger partial charge is 0.379 e. The van der Waals surface area contributed by atoms with E-state index in [-0.39, 0.29) is 5.69 Å². The summed E-state index contributed by atoms with van der Waals surface area (Å²) < 4.78 is 0.724. The van der Waals surface area contributed by atoms with Gasteiger partial charge in [0, 0.05) is 23.6 Å². The summed E-state index contributed by atoms with van der Waals surface area (Å²) >= 11 is 13.2. The van der Waals surface area contributed by atoms with E-state index in [0.717, 1.165) is 9.21 Å². The fraction of sp³-hybridized carbons (Fsp3) is 0.0909. The number of halogens is 2. The van der Waals surface area contributed by atoms with Crippen molar-refractivity contribution in [3.63, 3.8) is 0 Å². The van der Waals surface area contributed by atoms with Crippen LogP contribution in [0.1, 0.15) is 4.88 Å². The van der Waals surface area contributed by atoms with Crippen molar-refractivity contribution in [2.75, 3.05) is 5.32 Å². The van der Waals surface area contributed by atoms with Crippen LogP contribution >= 0.6 is 34.5 Å². The molecule has 0 saturated heterocycles. The molecule has 0 aliphatic carbocycles. The maximum absolute atomic E-state index is 10.6. The lowest BCUT2D eigenvalue weighted by atomic mass is 10.3. The minimum Gasteiger partial charge on any atom is -0.379 e. The van der Waals surface area contributed by atoms with Gasteiger partial charge in [-0.1, -0.05) is 23.2 Å². The van der Waals surface area contributed by atoms with Crippen LogP contribution in [0.5, 0.6) is 0 Å². The van der Waals surface area contributed by atoms with Crippen LogP contribution in [0.2, 0.25) is 9.36 Å². The minimum atomic E-state index is -0.477. The van der Waals surface area contributed by atoms with Gasteiger partial charge in [-0.2, -0.15) is 0 Å². The molecule has 2 rings (SSSR count). The number of hydrogen-bond acceptors (Lipinski definition) is 4. The van der Waals surface area contributed by atoms with Crippen molar-refractivity contribution in [1.82, 2.24) is 0 Å². The van der Waals surface area contributed by atoms with Crippen molar-refractivity contribution >= 4 is 45.9 Å². The number of rotatable bonds is 4. The predicted molar refractivity (Wildman–Crippen MR) is 74.8 cm³/mol. The third kappa shape index (κ3) is 3.13. The zero-order valence-corrected chi connectivity index (χ0v) is 11.4. The molecule has 7 heteroatoms. The fourth-order valence-electron chi connectivity index (χ4n) is 1.39. The molecule has 0 fully saturated rings. The molecule has 4 nitrogen and oxygen atoms in total. The first-order valence-electron chi connectivity index (χ1n) is 4.98. The monoisotopic (exact) mass is 302 g/mol. The van der Waals surface area contributed by atoms with E-state index < -0.39 is 4.92 Å². The van der Waals surface area contributed by atoms with Crippen LogP contribution in [0, 0.1) is 10.1 Å². The Morgan fingerprint density at radius 3 is 2.61 bits per heavy atom. The van der Waals surface area contributed by atoms with Crippen LogP contribution in [-0.4, -0.2) is 4.92 Å². The number of thiophene rings is 1. The van der Waals surface area contributed by atoms with E-state index in [1.807, 2.05) is 12.1 Å². The Kier molecular flexibility index (Phi) is 4.06. The second-order valence-corrected chi connectivity index (χ2v) is 5.69. The van der Waals surface area contributed by atoms with Crippen molar-refractivity contribution in [3.05, 3.63) is 54.7 Å². The van der Waals surface area contributed by atoms with E-state index in [1.165, 1.54) is 23.5 Å². The zero-order chi connectivity index (χ0) is 13.1. The van der Waals surface area contributed by atoms with Gasteiger partial charge in [-0.05, 0) is 18.2 Å². The highest BCUT2D eigenvalue weighted by atomic mass is 35.5. The third-order valence-electron chi connectivity index (χ3n) is 2.25. The molecule has 1 aromatic carbocycles. The summed E-state index contributed by atoms with van der Waals surface area (Å²) in [5.74, 6) is 0. The summed E-state index contributed by atoms with van der Waals surface area (Å²) in [6.07, 6.45) is 0. The normalized spacial score (nSPS) is 10.3. The van der Waals surface area contributed by atoms with Crippen LogP contribution in [0.15, 0.2) is 30.3 Å². The van der Waals surface area contributed by atoms with Gasteiger partial charge in [-0.3, -0.25) is 10.1 Å². The van der Waals surface area contributed by atoms with Crippen LogP contribution < -0.4 is 5.32 Å². The lowest BCUT2D eigenvalue weighted by Gasteiger charge is -2.06. The molecule has 0 atom stereocenters. The lowest BCUT2D eigenvalue weighted by molar-refractivity contribution is -0.384. The summed E-state index contributed by atoms with van der Waals surface area (Å²) in [6, 6.07) is 8.07. The Morgan fingerprint density at radius 1 is 1.28 bits per heavy atom. The van der Waals surface area contributed by atoms with Gasteiger partial charge >= 0.3 is 0 Å².